The summed E-state index contributed by atoms with van der Waals surface area (Å²) in [6.45, 7) is 1.68. The van der Waals surface area contributed by atoms with Crippen LogP contribution in [0.3, 0.4) is 0 Å². The molecule has 9 rings (SSSR count). The number of aromatic amines is 1. The quantitative estimate of drug-likeness (QED) is 0.0701. The van der Waals surface area contributed by atoms with Crippen LogP contribution in [0, 0.1) is 5.92 Å². The number of para-hydroxylation sites is 1. The second-order valence-electron chi connectivity index (χ2n) is 20.5. The summed E-state index contributed by atoms with van der Waals surface area (Å²) in [7, 11) is 0. The number of benzene rings is 5. The summed E-state index contributed by atoms with van der Waals surface area (Å²) in [5.41, 5.74) is 9.72. The van der Waals surface area contributed by atoms with Crippen LogP contribution in [0.15, 0.2) is 140 Å². The molecule has 0 radical (unpaired) electrons. The van der Waals surface area contributed by atoms with Crippen molar-refractivity contribution < 1.29 is 43.0 Å². The Morgan fingerprint density at radius 1 is 0.637 bits per heavy atom. The number of hydrogen-bond acceptors (Lipinski definition) is 11. The molecule has 20 heteroatoms. The average Bonchev–Trinajstić information content (AvgIpc) is 4.11. The zero-order chi connectivity index (χ0) is 56.0. The van der Waals surface area contributed by atoms with Crippen LogP contribution >= 0.6 is 11.6 Å². The Balaban J connectivity index is 1.12. The molecule has 10 N–H and O–H groups in total. The van der Waals surface area contributed by atoms with E-state index < -0.39 is 83.9 Å². The van der Waals surface area contributed by atoms with Crippen molar-refractivity contribution in [2.24, 2.45) is 11.7 Å². The summed E-state index contributed by atoms with van der Waals surface area (Å²) in [4.78, 5) is 109. The minimum absolute atomic E-state index is 0.00507. The number of carbonyl (C=O) groups excluding carboxylic acids is 7. The first-order valence-electron chi connectivity index (χ1n) is 27.1. The number of piperidine rings is 1. The van der Waals surface area contributed by atoms with E-state index in [1.54, 1.807) is 85.1 Å². The molecular formula is C60H67ClN10O9. The number of rotatable bonds is 15. The average molecular weight is 1110 g/mol. The fourth-order valence-electron chi connectivity index (χ4n) is 10.6. The van der Waals surface area contributed by atoms with Gasteiger partial charge in [-0.1, -0.05) is 115 Å². The maximum atomic E-state index is 15.4. The number of carbonyl (C=O) groups is 7. The topological polar surface area (TPSA) is 267 Å². The summed E-state index contributed by atoms with van der Waals surface area (Å²) in [6.07, 6.45) is 1.19. The number of hydrogen-bond donors (Lipinski definition) is 9. The van der Waals surface area contributed by atoms with Crippen molar-refractivity contribution in [3.05, 3.63) is 172 Å². The predicted molar refractivity (Wildman–Crippen MR) is 301 cm³/mol. The van der Waals surface area contributed by atoms with Crippen molar-refractivity contribution in [3.8, 4) is 5.75 Å². The number of nitrogens with two attached hydrogens (primary N) is 1. The van der Waals surface area contributed by atoms with Gasteiger partial charge in [-0.3, -0.25) is 28.8 Å². The normalized spacial score (nSPS) is 22.6. The first-order chi connectivity index (χ1) is 38.9. The first kappa shape index (κ1) is 56.5. The SMILES string of the molecule is NCCNC(=O)O[C@@H]1C[C@H]2C(=O)N[C@@H](c3ccccc3)C(=O)N[C@H](Cc3c[nH]c4ccccc34)C(=O)N[C@@H](CC3CCNCC3)C(=O)N[C@@H](Cc3ccc(OCc4ccccc4)cc3)C(=O)N[C@@H](Cc3ccc(Cl)cc3)C(=O)N2C1. The van der Waals surface area contributed by atoms with Gasteiger partial charge in [0.05, 0.1) is 6.54 Å². The zero-order valence-electron chi connectivity index (χ0n) is 44.2. The lowest BCUT2D eigenvalue weighted by Crippen LogP contribution is -2.61. The van der Waals surface area contributed by atoms with Crippen molar-refractivity contribution in [2.75, 3.05) is 32.7 Å². The maximum Gasteiger partial charge on any atom is 0.407 e. The van der Waals surface area contributed by atoms with Crippen LogP contribution in [-0.2, 0) is 59.4 Å². The van der Waals surface area contributed by atoms with Gasteiger partial charge in [0.1, 0.15) is 54.7 Å². The van der Waals surface area contributed by atoms with E-state index in [0.29, 0.717) is 65.6 Å². The van der Waals surface area contributed by atoms with Crippen LogP contribution in [0.2, 0.25) is 5.02 Å². The lowest BCUT2D eigenvalue weighted by Gasteiger charge is -2.32. The van der Waals surface area contributed by atoms with E-state index in [0.717, 1.165) is 16.5 Å². The molecule has 3 fully saturated rings. The second-order valence-corrected chi connectivity index (χ2v) is 21.0. The molecule has 0 unspecified atom stereocenters. The standard InChI is InChI=1S/C60H67ClN10O9/c61-43-19-15-37(16-20-43)31-51-59(77)71-35-45(80-60(78)64-28-25-62)33-52(71)57(75)70-53(41-11-5-2-6-12-41)58(76)68-50(32-42-34-65-47-14-8-7-13-46(42)47)56(74)67-49(30-39-23-26-63-27-24-39)54(72)66-48(55(73)69-51)29-38-17-21-44(22-18-38)79-36-40-9-3-1-4-10-40/h1-22,34,39,45,48-53,63,65H,23-33,35-36,62H2,(H,64,78)(H,66,72)(H,67,74)(H,68,76)(H,69,73)(H,70,75)/t45-,48+,49+,50-,51+,52+,53+/m1/s1. The minimum atomic E-state index is -1.42. The van der Waals surface area contributed by atoms with E-state index in [-0.39, 0.29) is 57.7 Å². The summed E-state index contributed by atoms with van der Waals surface area (Å²) < 4.78 is 11.8. The molecule has 0 saturated carbocycles. The number of fused-ring (bicyclic) bond motifs is 2. The van der Waals surface area contributed by atoms with Gasteiger partial charge in [-0.15, -0.1) is 0 Å². The number of halogens is 1. The molecular weight excluding hydrogens is 1040 g/mol. The van der Waals surface area contributed by atoms with Gasteiger partial charge in [0.25, 0.3) is 0 Å². The van der Waals surface area contributed by atoms with Crippen LogP contribution in [0.25, 0.3) is 10.9 Å². The molecule has 3 aliphatic heterocycles. The van der Waals surface area contributed by atoms with Gasteiger partial charge >= 0.3 is 6.09 Å². The number of H-pyrrole nitrogens is 1. The third-order valence-electron chi connectivity index (χ3n) is 14.8. The van der Waals surface area contributed by atoms with Crippen molar-refractivity contribution >= 4 is 64.0 Å². The van der Waals surface area contributed by atoms with Gasteiger partial charge in [-0.05, 0) is 96.4 Å². The number of amides is 7. The van der Waals surface area contributed by atoms with E-state index in [4.69, 9.17) is 26.8 Å². The highest BCUT2D eigenvalue weighted by atomic mass is 35.5. The Bertz CT molecular complexity index is 3100. The van der Waals surface area contributed by atoms with Gasteiger partial charge in [-0.2, -0.15) is 0 Å². The van der Waals surface area contributed by atoms with Crippen LogP contribution in [0.1, 0.15) is 59.5 Å². The van der Waals surface area contributed by atoms with Crippen LogP contribution < -0.4 is 47.7 Å². The van der Waals surface area contributed by atoms with Crippen LogP contribution in [-0.4, -0.2) is 120 Å². The Kier molecular flexibility index (Phi) is 19.1. The maximum absolute atomic E-state index is 15.4. The molecule has 80 heavy (non-hydrogen) atoms. The molecule has 5 aromatic carbocycles. The largest absolute Gasteiger partial charge is 0.489 e. The van der Waals surface area contributed by atoms with Crippen molar-refractivity contribution in [1.82, 2.24) is 47.1 Å². The molecule has 0 spiro atoms. The van der Waals surface area contributed by atoms with Crippen LogP contribution in [0.4, 0.5) is 4.79 Å². The summed E-state index contributed by atoms with van der Waals surface area (Å²) >= 11 is 6.31. The fourth-order valence-corrected chi connectivity index (χ4v) is 10.7. The monoisotopic (exact) mass is 1110 g/mol. The lowest BCUT2D eigenvalue weighted by molar-refractivity contribution is -0.143. The zero-order valence-corrected chi connectivity index (χ0v) is 44.9. The molecule has 3 saturated heterocycles. The smallest absolute Gasteiger partial charge is 0.407 e. The Hall–Kier alpha value is -8.26. The van der Waals surface area contributed by atoms with Gasteiger partial charge in [0, 0.05) is 60.9 Å². The molecule has 4 heterocycles. The van der Waals surface area contributed by atoms with Crippen molar-refractivity contribution in [1.29, 1.82) is 0 Å². The van der Waals surface area contributed by atoms with Gasteiger partial charge in [0.15, 0.2) is 0 Å². The van der Waals surface area contributed by atoms with Crippen molar-refractivity contribution in [2.45, 2.75) is 93.9 Å². The Labute approximate surface area is 468 Å². The highest BCUT2D eigenvalue weighted by Gasteiger charge is 2.45. The van der Waals surface area contributed by atoms with E-state index >= 15 is 28.8 Å². The number of alkyl carbamates (subject to hydrolysis) is 1. The summed E-state index contributed by atoms with van der Waals surface area (Å²) in [6, 6.07) is 31.5. The number of aromatic nitrogens is 1. The molecule has 3 aliphatic rings. The van der Waals surface area contributed by atoms with E-state index in [2.05, 4.69) is 42.2 Å². The minimum Gasteiger partial charge on any atom is -0.489 e. The molecule has 0 aliphatic carbocycles. The highest BCUT2D eigenvalue weighted by Crippen LogP contribution is 2.27. The molecule has 1 aromatic heterocycles. The second kappa shape index (κ2) is 27.1. The van der Waals surface area contributed by atoms with Gasteiger partial charge in [-0.25, -0.2) is 4.79 Å². The fraction of sp³-hybridized carbons (Fsp3) is 0.350. The Morgan fingerprint density at radius 3 is 1.95 bits per heavy atom. The van der Waals surface area contributed by atoms with E-state index in [9.17, 15) is 4.79 Å². The number of nitrogens with one attached hydrogen (secondary N) is 8. The van der Waals surface area contributed by atoms with Gasteiger partial charge < -0.3 is 62.3 Å². The van der Waals surface area contributed by atoms with E-state index in [1.807, 2.05) is 54.6 Å². The number of nitrogens with zero attached hydrogens (tertiary/aromatic N) is 1. The number of ether oxygens (including phenoxy) is 2. The van der Waals surface area contributed by atoms with Crippen molar-refractivity contribution in [3.63, 3.8) is 0 Å². The molecule has 6 aromatic rings. The summed E-state index contributed by atoms with van der Waals surface area (Å²) in [5, 5.41) is 21.9. The molecule has 0 bridgehead atoms. The molecule has 418 valence electrons. The molecule has 7 amide bonds. The predicted octanol–water partition coefficient (Wildman–Crippen LogP) is 4.28. The third-order valence-corrected chi connectivity index (χ3v) is 15.1. The Morgan fingerprint density at radius 2 is 1.24 bits per heavy atom. The molecule has 7 atom stereocenters. The lowest BCUT2D eigenvalue weighted by atomic mass is 9.90. The van der Waals surface area contributed by atoms with Crippen LogP contribution in [0.5, 0.6) is 5.75 Å². The first-order valence-corrected chi connectivity index (χ1v) is 27.5. The summed E-state index contributed by atoms with van der Waals surface area (Å²) in [5.74, 6) is -3.71. The van der Waals surface area contributed by atoms with Gasteiger partial charge in [0.2, 0.25) is 35.4 Å². The molecule has 19 nitrogen and oxygen atoms in total. The highest BCUT2D eigenvalue weighted by molar-refractivity contribution is 6.30. The third kappa shape index (κ3) is 14.9. The van der Waals surface area contributed by atoms with E-state index in [1.165, 1.54) is 4.90 Å².